The highest BCUT2D eigenvalue weighted by atomic mass is 19.3. The van der Waals surface area contributed by atoms with Gasteiger partial charge in [0.15, 0.2) is 0 Å². The maximum Gasteiger partial charge on any atom is 0.250 e. The Hall–Kier alpha value is -0.960. The molecule has 1 unspecified atom stereocenters. The van der Waals surface area contributed by atoms with Gasteiger partial charge >= 0.3 is 0 Å². The number of hydrogen-bond donors (Lipinski definition) is 1. The van der Waals surface area contributed by atoms with E-state index in [2.05, 4.69) is 17.4 Å². The second-order valence-electron chi connectivity index (χ2n) is 4.30. The van der Waals surface area contributed by atoms with Crippen molar-refractivity contribution in [2.45, 2.75) is 38.2 Å². The first kappa shape index (κ1) is 11.5. The average Bonchev–Trinajstić information content (AvgIpc) is 2.48. The Morgan fingerprint density at radius 2 is 2.06 bits per heavy atom. The van der Waals surface area contributed by atoms with Crippen molar-refractivity contribution in [1.82, 2.24) is 5.32 Å². The van der Waals surface area contributed by atoms with Crippen LogP contribution in [0.1, 0.15) is 36.4 Å². The number of hydrogen-bond acceptors (Lipinski definition) is 1. The van der Waals surface area contributed by atoms with Gasteiger partial charge in [-0.2, -0.15) is 0 Å². The topological polar surface area (TPSA) is 12.0 Å². The number of benzene rings is 1. The second-order valence-corrected chi connectivity index (χ2v) is 4.30. The van der Waals surface area contributed by atoms with Crippen molar-refractivity contribution in [3.05, 3.63) is 35.4 Å². The summed E-state index contributed by atoms with van der Waals surface area (Å²) < 4.78 is 24.4. The van der Waals surface area contributed by atoms with Crippen LogP contribution < -0.4 is 5.32 Å². The van der Waals surface area contributed by atoms with E-state index < -0.39 is 6.43 Å². The molecule has 16 heavy (non-hydrogen) atoms. The largest absolute Gasteiger partial charge is 0.305 e. The molecule has 1 N–H and O–H groups in total. The molecule has 1 aromatic rings. The highest BCUT2D eigenvalue weighted by Crippen LogP contribution is 2.28. The zero-order valence-electron chi connectivity index (χ0n) is 9.26. The molecule has 0 aliphatic heterocycles. The summed E-state index contributed by atoms with van der Waals surface area (Å²) in [6, 6.07) is 8.28. The van der Waals surface area contributed by atoms with Gasteiger partial charge in [0.05, 0.1) is 6.54 Å². The van der Waals surface area contributed by atoms with E-state index in [1.807, 2.05) is 12.1 Å². The fraction of sp³-hybridized carbons (Fsp3) is 0.538. The van der Waals surface area contributed by atoms with E-state index in [-0.39, 0.29) is 12.6 Å². The van der Waals surface area contributed by atoms with Gasteiger partial charge in [0.1, 0.15) is 0 Å². The van der Waals surface area contributed by atoms with Gasteiger partial charge in [0.2, 0.25) is 0 Å². The van der Waals surface area contributed by atoms with Crippen LogP contribution in [0.2, 0.25) is 0 Å². The van der Waals surface area contributed by atoms with Gasteiger partial charge < -0.3 is 5.32 Å². The maximum atomic E-state index is 12.2. The maximum absolute atomic E-state index is 12.2. The Labute approximate surface area is 94.9 Å². The van der Waals surface area contributed by atoms with Gasteiger partial charge in [-0.1, -0.05) is 30.7 Å². The predicted molar refractivity (Wildman–Crippen MR) is 60.7 cm³/mol. The van der Waals surface area contributed by atoms with Crippen LogP contribution >= 0.6 is 0 Å². The highest BCUT2D eigenvalue weighted by Gasteiger charge is 2.18. The van der Waals surface area contributed by atoms with E-state index in [1.165, 1.54) is 11.1 Å². The molecule has 2 rings (SSSR count). The monoisotopic (exact) mass is 225 g/mol. The van der Waals surface area contributed by atoms with Crippen LogP contribution in [0.25, 0.3) is 0 Å². The molecule has 3 heteroatoms. The lowest BCUT2D eigenvalue weighted by Gasteiger charge is -2.19. The molecule has 1 atom stereocenters. The van der Waals surface area contributed by atoms with Crippen molar-refractivity contribution in [3.8, 4) is 0 Å². The number of aryl methyl sites for hydroxylation is 1. The van der Waals surface area contributed by atoms with Gasteiger partial charge in [0, 0.05) is 6.04 Å². The van der Waals surface area contributed by atoms with Gasteiger partial charge in [-0.25, -0.2) is 8.78 Å². The molecule has 0 radical (unpaired) electrons. The first-order valence-electron chi connectivity index (χ1n) is 5.86. The van der Waals surface area contributed by atoms with Gasteiger partial charge in [0.25, 0.3) is 6.43 Å². The lowest BCUT2D eigenvalue weighted by molar-refractivity contribution is 0.140. The van der Waals surface area contributed by atoms with Crippen LogP contribution in [-0.4, -0.2) is 13.0 Å². The third kappa shape index (κ3) is 2.79. The first-order valence-corrected chi connectivity index (χ1v) is 5.86. The van der Waals surface area contributed by atoms with E-state index >= 15 is 0 Å². The van der Waals surface area contributed by atoms with Gasteiger partial charge in [-0.05, 0) is 30.4 Å². The molecule has 0 amide bonds. The van der Waals surface area contributed by atoms with Crippen LogP contribution in [0.4, 0.5) is 8.78 Å². The molecule has 0 fully saturated rings. The van der Waals surface area contributed by atoms with Crippen LogP contribution in [0, 0.1) is 0 Å². The summed E-state index contributed by atoms with van der Waals surface area (Å²) in [4.78, 5) is 0. The van der Waals surface area contributed by atoms with Crippen molar-refractivity contribution < 1.29 is 8.78 Å². The third-order valence-corrected chi connectivity index (χ3v) is 3.14. The summed E-state index contributed by atoms with van der Waals surface area (Å²) in [5.41, 5.74) is 2.52. The van der Waals surface area contributed by atoms with E-state index in [1.54, 1.807) is 0 Å². The summed E-state index contributed by atoms with van der Waals surface area (Å²) in [5, 5.41) is 2.97. The van der Waals surface area contributed by atoms with E-state index in [9.17, 15) is 8.78 Å². The molecular formula is C13H17F2N. The van der Waals surface area contributed by atoms with Crippen LogP contribution in [0.15, 0.2) is 24.3 Å². The summed E-state index contributed by atoms with van der Waals surface area (Å²) >= 11 is 0. The van der Waals surface area contributed by atoms with Crippen LogP contribution in [0.5, 0.6) is 0 Å². The summed E-state index contributed by atoms with van der Waals surface area (Å²) in [5.74, 6) is 0. The summed E-state index contributed by atoms with van der Waals surface area (Å²) in [7, 11) is 0. The number of nitrogens with one attached hydrogen (secondary N) is 1. The van der Waals surface area contributed by atoms with E-state index in [0.29, 0.717) is 0 Å². The van der Waals surface area contributed by atoms with Crippen molar-refractivity contribution >= 4 is 0 Å². The lowest BCUT2D eigenvalue weighted by Crippen LogP contribution is -2.26. The highest BCUT2D eigenvalue weighted by molar-refractivity contribution is 5.31. The number of rotatable bonds is 3. The second kappa shape index (κ2) is 5.39. The molecule has 0 heterocycles. The minimum absolute atomic E-state index is 0.104. The minimum Gasteiger partial charge on any atom is -0.305 e. The lowest BCUT2D eigenvalue weighted by atomic mass is 9.99. The fourth-order valence-corrected chi connectivity index (χ4v) is 2.36. The van der Waals surface area contributed by atoms with Gasteiger partial charge in [-0.15, -0.1) is 0 Å². The molecule has 1 aliphatic rings. The quantitative estimate of drug-likeness (QED) is 0.778. The SMILES string of the molecule is FC(F)CNC1CCCCc2ccccc21. The molecule has 0 saturated carbocycles. The first-order chi connectivity index (χ1) is 7.77. The average molecular weight is 225 g/mol. The number of alkyl halides is 2. The molecule has 0 bridgehead atoms. The predicted octanol–water partition coefficient (Wildman–Crippen LogP) is 3.31. The third-order valence-electron chi connectivity index (χ3n) is 3.14. The van der Waals surface area contributed by atoms with E-state index in [4.69, 9.17) is 0 Å². The Morgan fingerprint density at radius 1 is 1.25 bits per heavy atom. The Kier molecular flexibility index (Phi) is 3.88. The van der Waals surface area contributed by atoms with Crippen LogP contribution in [-0.2, 0) is 6.42 Å². The number of fused-ring (bicyclic) bond motifs is 1. The fourth-order valence-electron chi connectivity index (χ4n) is 2.36. The molecule has 1 aromatic carbocycles. The summed E-state index contributed by atoms with van der Waals surface area (Å²) in [6.45, 7) is -0.209. The molecular weight excluding hydrogens is 208 g/mol. The zero-order valence-corrected chi connectivity index (χ0v) is 9.26. The van der Waals surface area contributed by atoms with Crippen molar-refractivity contribution in [3.63, 3.8) is 0 Å². The molecule has 88 valence electrons. The van der Waals surface area contributed by atoms with E-state index in [0.717, 1.165) is 25.7 Å². The molecule has 1 nitrogen and oxygen atoms in total. The Balaban J connectivity index is 2.12. The van der Waals surface area contributed by atoms with Crippen molar-refractivity contribution in [1.29, 1.82) is 0 Å². The van der Waals surface area contributed by atoms with Crippen molar-refractivity contribution in [2.75, 3.05) is 6.54 Å². The Morgan fingerprint density at radius 3 is 2.88 bits per heavy atom. The van der Waals surface area contributed by atoms with Gasteiger partial charge in [-0.3, -0.25) is 0 Å². The molecule has 0 saturated heterocycles. The molecule has 1 aliphatic carbocycles. The Bertz CT molecular complexity index is 338. The summed E-state index contributed by atoms with van der Waals surface area (Å²) in [6.07, 6.45) is 2.03. The minimum atomic E-state index is -2.27. The number of halogens is 2. The zero-order chi connectivity index (χ0) is 11.4. The standard InChI is InChI=1S/C13H17F2N/c14-13(15)9-16-12-8-4-2-6-10-5-1-3-7-11(10)12/h1,3,5,7,12-13,16H,2,4,6,8-9H2. The molecule has 0 aromatic heterocycles. The molecule has 0 spiro atoms. The van der Waals surface area contributed by atoms with Crippen LogP contribution in [0.3, 0.4) is 0 Å². The van der Waals surface area contributed by atoms with Crippen molar-refractivity contribution in [2.24, 2.45) is 0 Å². The normalized spacial score (nSPS) is 20.6. The smallest absolute Gasteiger partial charge is 0.250 e.